The van der Waals surface area contributed by atoms with E-state index in [2.05, 4.69) is 4.90 Å². The first-order chi connectivity index (χ1) is 10.7. The van der Waals surface area contributed by atoms with Gasteiger partial charge in [-0.3, -0.25) is 4.90 Å². The van der Waals surface area contributed by atoms with Gasteiger partial charge in [-0.25, -0.2) is 9.59 Å². The molecule has 0 saturated carbocycles. The first kappa shape index (κ1) is 17.3. The Bertz CT molecular complexity index is 555. The molecule has 0 aromatic heterocycles. The van der Waals surface area contributed by atoms with Gasteiger partial charge in [0.2, 0.25) is 0 Å². The summed E-state index contributed by atoms with van der Waals surface area (Å²) in [5.41, 5.74) is 0.893. The minimum absolute atomic E-state index is 0.261. The third-order valence-electron chi connectivity index (χ3n) is 3.63. The first-order valence-corrected chi connectivity index (χ1v) is 7.77. The molecule has 6 heteroatoms. The number of aromatic carboxylic acids is 1. The highest BCUT2D eigenvalue weighted by atomic mass is 16.6. The maximum Gasteiger partial charge on any atom is 0.410 e. The Kier molecular flexibility index (Phi) is 5.26. The molecule has 2 rings (SSSR count). The van der Waals surface area contributed by atoms with E-state index in [1.54, 1.807) is 17.0 Å². The van der Waals surface area contributed by atoms with Crippen molar-refractivity contribution in [3.8, 4) is 0 Å². The highest BCUT2D eigenvalue weighted by molar-refractivity contribution is 5.87. The smallest absolute Gasteiger partial charge is 0.410 e. The molecule has 0 spiro atoms. The van der Waals surface area contributed by atoms with Crippen LogP contribution in [0.3, 0.4) is 0 Å². The summed E-state index contributed by atoms with van der Waals surface area (Å²) in [6, 6.07) is 6.91. The molecule has 126 valence electrons. The van der Waals surface area contributed by atoms with Crippen LogP contribution in [0.2, 0.25) is 0 Å². The number of carboxylic acid groups (broad SMARTS) is 1. The van der Waals surface area contributed by atoms with Crippen LogP contribution in [0, 0.1) is 0 Å². The minimum Gasteiger partial charge on any atom is -0.478 e. The topological polar surface area (TPSA) is 70.1 Å². The Labute approximate surface area is 136 Å². The number of hydrogen-bond donors (Lipinski definition) is 1. The molecule has 1 N–H and O–H groups in total. The fourth-order valence-corrected chi connectivity index (χ4v) is 2.43. The average molecular weight is 320 g/mol. The Morgan fingerprint density at radius 1 is 1.09 bits per heavy atom. The Morgan fingerprint density at radius 3 is 2.13 bits per heavy atom. The van der Waals surface area contributed by atoms with E-state index in [1.807, 2.05) is 32.9 Å². The van der Waals surface area contributed by atoms with Crippen molar-refractivity contribution in [1.29, 1.82) is 0 Å². The van der Waals surface area contributed by atoms with Crippen molar-refractivity contribution in [3.05, 3.63) is 35.4 Å². The van der Waals surface area contributed by atoms with Crippen LogP contribution in [0.25, 0.3) is 0 Å². The average Bonchev–Trinajstić information content (AvgIpc) is 2.46. The summed E-state index contributed by atoms with van der Waals surface area (Å²) < 4.78 is 5.38. The van der Waals surface area contributed by atoms with Crippen LogP contribution in [0.4, 0.5) is 4.79 Å². The number of amides is 1. The zero-order chi connectivity index (χ0) is 17.0. The normalized spacial score (nSPS) is 16.2. The highest BCUT2D eigenvalue weighted by Gasteiger charge is 2.25. The Balaban J connectivity index is 1.82. The summed E-state index contributed by atoms with van der Waals surface area (Å²) in [5.74, 6) is -0.914. The first-order valence-electron chi connectivity index (χ1n) is 7.77. The van der Waals surface area contributed by atoms with Crippen LogP contribution < -0.4 is 0 Å². The van der Waals surface area contributed by atoms with E-state index in [-0.39, 0.29) is 6.09 Å². The van der Waals surface area contributed by atoms with Crippen molar-refractivity contribution >= 4 is 12.1 Å². The van der Waals surface area contributed by atoms with Crippen LogP contribution in [-0.2, 0) is 11.3 Å². The SMILES string of the molecule is CC(C)(C)OC(=O)N1CCN(Cc2ccc(C(=O)O)cc2)CC1. The summed E-state index contributed by atoms with van der Waals surface area (Å²) in [5, 5.41) is 8.90. The molecular weight excluding hydrogens is 296 g/mol. The molecule has 0 atom stereocenters. The third-order valence-corrected chi connectivity index (χ3v) is 3.63. The molecule has 1 saturated heterocycles. The second-order valence-corrected chi connectivity index (χ2v) is 6.75. The van der Waals surface area contributed by atoms with E-state index >= 15 is 0 Å². The Morgan fingerprint density at radius 2 is 1.65 bits per heavy atom. The lowest BCUT2D eigenvalue weighted by atomic mass is 10.1. The lowest BCUT2D eigenvalue weighted by Crippen LogP contribution is -2.49. The lowest BCUT2D eigenvalue weighted by molar-refractivity contribution is 0.0139. The molecule has 1 amide bonds. The molecule has 1 heterocycles. The van der Waals surface area contributed by atoms with Gasteiger partial charge in [-0.15, -0.1) is 0 Å². The van der Waals surface area contributed by atoms with Gasteiger partial charge in [0.15, 0.2) is 0 Å². The Hall–Kier alpha value is -2.08. The van der Waals surface area contributed by atoms with Crippen molar-refractivity contribution in [2.24, 2.45) is 0 Å². The van der Waals surface area contributed by atoms with Gasteiger partial charge in [0, 0.05) is 32.7 Å². The van der Waals surface area contributed by atoms with Gasteiger partial charge in [0.1, 0.15) is 5.60 Å². The van der Waals surface area contributed by atoms with E-state index in [0.29, 0.717) is 18.7 Å². The van der Waals surface area contributed by atoms with Gasteiger partial charge in [-0.2, -0.15) is 0 Å². The number of hydrogen-bond acceptors (Lipinski definition) is 4. The van der Waals surface area contributed by atoms with E-state index in [0.717, 1.165) is 25.2 Å². The summed E-state index contributed by atoms with van der Waals surface area (Å²) in [6.45, 7) is 9.18. The molecule has 23 heavy (non-hydrogen) atoms. The maximum atomic E-state index is 12.0. The van der Waals surface area contributed by atoms with Crippen LogP contribution in [0.15, 0.2) is 24.3 Å². The predicted molar refractivity (Wildman–Crippen MR) is 86.5 cm³/mol. The van der Waals surface area contributed by atoms with Gasteiger partial charge in [0.25, 0.3) is 0 Å². The number of nitrogens with zero attached hydrogens (tertiary/aromatic N) is 2. The zero-order valence-corrected chi connectivity index (χ0v) is 13.9. The minimum atomic E-state index is -0.914. The van der Waals surface area contributed by atoms with E-state index in [1.165, 1.54) is 0 Å². The van der Waals surface area contributed by atoms with Gasteiger partial charge in [-0.05, 0) is 38.5 Å². The molecule has 0 aliphatic carbocycles. The second kappa shape index (κ2) is 7.00. The standard InChI is InChI=1S/C17H24N2O4/c1-17(2,3)23-16(22)19-10-8-18(9-11-19)12-13-4-6-14(7-5-13)15(20)21/h4-7H,8-12H2,1-3H3,(H,20,21). The second-order valence-electron chi connectivity index (χ2n) is 6.75. The summed E-state index contributed by atoms with van der Waals surface area (Å²) in [7, 11) is 0. The van der Waals surface area contributed by atoms with Crippen molar-refractivity contribution in [3.63, 3.8) is 0 Å². The van der Waals surface area contributed by atoms with Crippen molar-refractivity contribution in [2.45, 2.75) is 32.9 Å². The van der Waals surface area contributed by atoms with Gasteiger partial charge >= 0.3 is 12.1 Å². The molecule has 1 fully saturated rings. The van der Waals surface area contributed by atoms with Gasteiger partial charge in [-0.1, -0.05) is 12.1 Å². The summed E-state index contributed by atoms with van der Waals surface area (Å²) in [4.78, 5) is 26.8. The fourth-order valence-electron chi connectivity index (χ4n) is 2.43. The van der Waals surface area contributed by atoms with Gasteiger partial charge in [0.05, 0.1) is 5.56 Å². The van der Waals surface area contributed by atoms with Crippen molar-refractivity contribution in [1.82, 2.24) is 9.80 Å². The molecule has 1 aliphatic rings. The zero-order valence-electron chi connectivity index (χ0n) is 13.9. The third kappa shape index (κ3) is 5.25. The van der Waals surface area contributed by atoms with Crippen molar-refractivity contribution in [2.75, 3.05) is 26.2 Å². The molecular formula is C17H24N2O4. The maximum absolute atomic E-state index is 12.0. The van der Waals surface area contributed by atoms with Crippen LogP contribution in [0.5, 0.6) is 0 Å². The highest BCUT2D eigenvalue weighted by Crippen LogP contribution is 2.14. The number of rotatable bonds is 3. The lowest BCUT2D eigenvalue weighted by Gasteiger charge is -2.35. The van der Waals surface area contributed by atoms with Crippen molar-refractivity contribution < 1.29 is 19.4 Å². The number of carbonyl (C=O) groups excluding carboxylic acids is 1. The van der Waals surface area contributed by atoms with Gasteiger partial charge < -0.3 is 14.7 Å². The largest absolute Gasteiger partial charge is 0.478 e. The molecule has 1 aliphatic heterocycles. The van der Waals surface area contributed by atoms with Crippen LogP contribution >= 0.6 is 0 Å². The van der Waals surface area contributed by atoms with E-state index in [9.17, 15) is 9.59 Å². The number of ether oxygens (including phenoxy) is 1. The molecule has 1 aromatic carbocycles. The van der Waals surface area contributed by atoms with E-state index in [4.69, 9.17) is 9.84 Å². The molecule has 0 radical (unpaired) electrons. The quantitative estimate of drug-likeness (QED) is 0.926. The van der Waals surface area contributed by atoms with Crippen LogP contribution in [-0.4, -0.2) is 58.7 Å². The number of carbonyl (C=O) groups is 2. The fraction of sp³-hybridized carbons (Fsp3) is 0.529. The summed E-state index contributed by atoms with van der Waals surface area (Å²) in [6.07, 6.45) is -0.261. The van der Waals surface area contributed by atoms with E-state index < -0.39 is 11.6 Å². The summed E-state index contributed by atoms with van der Waals surface area (Å²) >= 11 is 0. The number of piperazine rings is 1. The molecule has 0 bridgehead atoms. The predicted octanol–water partition coefficient (Wildman–Crippen LogP) is 2.44. The molecule has 1 aromatic rings. The molecule has 6 nitrogen and oxygen atoms in total. The molecule has 0 unspecified atom stereocenters. The number of benzene rings is 1. The monoisotopic (exact) mass is 320 g/mol. The number of carboxylic acids is 1. The van der Waals surface area contributed by atoms with Crippen LogP contribution in [0.1, 0.15) is 36.7 Å².